The minimum atomic E-state index is 0.592. The van der Waals surface area contributed by atoms with Crippen LogP contribution in [0.5, 0.6) is 0 Å². The summed E-state index contributed by atoms with van der Waals surface area (Å²) in [6.07, 6.45) is 5.94. The molecule has 2 heterocycles. The Hall–Kier alpha value is -1.60. The molecule has 112 valence electrons. The van der Waals surface area contributed by atoms with Gasteiger partial charge in [0.15, 0.2) is 0 Å². The van der Waals surface area contributed by atoms with Crippen LogP contribution in [0.15, 0.2) is 18.3 Å². The first kappa shape index (κ1) is 18.4. The number of anilines is 1. The fraction of sp³-hybridized carbons (Fsp3) is 0.625. The van der Waals surface area contributed by atoms with Gasteiger partial charge in [-0.3, -0.25) is 0 Å². The number of likely N-dealkylation sites (tertiary alicyclic amines) is 1. The van der Waals surface area contributed by atoms with Gasteiger partial charge in [-0.2, -0.15) is 5.26 Å². The highest BCUT2D eigenvalue weighted by atomic mass is 15.1. The first-order valence-corrected chi connectivity index (χ1v) is 7.55. The van der Waals surface area contributed by atoms with Crippen molar-refractivity contribution >= 4 is 5.82 Å². The van der Waals surface area contributed by atoms with Gasteiger partial charge in [0.25, 0.3) is 0 Å². The summed E-state index contributed by atoms with van der Waals surface area (Å²) in [5.41, 5.74) is 0.592. The minimum absolute atomic E-state index is 0.592. The van der Waals surface area contributed by atoms with E-state index < -0.39 is 0 Å². The van der Waals surface area contributed by atoms with E-state index in [0.29, 0.717) is 11.4 Å². The summed E-state index contributed by atoms with van der Waals surface area (Å²) in [5.74, 6) is 0.664. The molecule has 0 bridgehead atoms. The highest BCUT2D eigenvalue weighted by Gasteiger charge is 2.02. The third-order valence-corrected chi connectivity index (χ3v) is 2.85. The summed E-state index contributed by atoms with van der Waals surface area (Å²) in [6.45, 7) is 9.39. The maximum atomic E-state index is 8.62. The maximum Gasteiger partial charge on any atom is 0.143 e. The summed E-state index contributed by atoms with van der Waals surface area (Å²) < 4.78 is 0. The minimum Gasteiger partial charge on any atom is -0.369 e. The van der Waals surface area contributed by atoms with Crippen molar-refractivity contribution in [2.75, 3.05) is 32.0 Å². The van der Waals surface area contributed by atoms with Gasteiger partial charge in [-0.25, -0.2) is 4.98 Å². The van der Waals surface area contributed by atoms with Gasteiger partial charge in [0.1, 0.15) is 11.9 Å². The second-order valence-corrected chi connectivity index (χ2v) is 4.41. The van der Waals surface area contributed by atoms with Crippen LogP contribution < -0.4 is 5.32 Å². The van der Waals surface area contributed by atoms with Crippen molar-refractivity contribution in [3.05, 3.63) is 23.9 Å². The van der Waals surface area contributed by atoms with Gasteiger partial charge in [-0.15, -0.1) is 0 Å². The molecule has 0 unspecified atom stereocenters. The number of nitrogens with zero attached hydrogens (tertiary/aromatic N) is 3. The number of nitriles is 1. The smallest absolute Gasteiger partial charge is 0.143 e. The van der Waals surface area contributed by atoms with Crippen molar-refractivity contribution < 1.29 is 0 Å². The molecular weight excluding hydrogens is 248 g/mol. The van der Waals surface area contributed by atoms with E-state index in [2.05, 4.69) is 28.3 Å². The summed E-state index contributed by atoms with van der Waals surface area (Å²) >= 11 is 0. The van der Waals surface area contributed by atoms with Gasteiger partial charge in [-0.05, 0) is 52.0 Å². The Labute approximate surface area is 123 Å². The van der Waals surface area contributed by atoms with E-state index in [1.165, 1.54) is 32.4 Å². The van der Waals surface area contributed by atoms with Crippen molar-refractivity contribution in [2.24, 2.45) is 0 Å². The molecule has 2 rings (SSSR count). The Morgan fingerprint density at radius 1 is 1.30 bits per heavy atom. The van der Waals surface area contributed by atoms with Gasteiger partial charge in [0.2, 0.25) is 0 Å². The molecule has 0 amide bonds. The van der Waals surface area contributed by atoms with E-state index in [4.69, 9.17) is 5.26 Å². The monoisotopic (exact) mass is 276 g/mol. The summed E-state index contributed by atoms with van der Waals surface area (Å²) in [7, 11) is 2.19. The van der Waals surface area contributed by atoms with Gasteiger partial charge in [-0.1, -0.05) is 20.3 Å². The average Bonchev–Trinajstić information content (AvgIpc) is 2.52. The van der Waals surface area contributed by atoms with Crippen LogP contribution in [0, 0.1) is 11.3 Å². The molecule has 20 heavy (non-hydrogen) atoms. The second kappa shape index (κ2) is 12.4. The standard InChI is InChI=1S/C8H9N3.C6H13N.C2H6/c1-2-10-8-7(6-9)4-3-5-11-8;1-7-5-3-2-4-6-7;1-2/h3-5H,2H2,1H3,(H,10,11);2-6H2,1H3;1-2H3. The van der Waals surface area contributed by atoms with E-state index in [9.17, 15) is 0 Å². The molecule has 0 atom stereocenters. The first-order chi connectivity index (χ1) is 9.77. The second-order valence-electron chi connectivity index (χ2n) is 4.41. The topological polar surface area (TPSA) is 52.0 Å². The third kappa shape index (κ3) is 7.75. The molecule has 1 saturated heterocycles. The maximum absolute atomic E-state index is 8.62. The highest BCUT2D eigenvalue weighted by molar-refractivity contribution is 5.50. The zero-order valence-electron chi connectivity index (χ0n) is 13.3. The van der Waals surface area contributed by atoms with Gasteiger partial charge in [0.05, 0.1) is 5.56 Å². The van der Waals surface area contributed by atoms with Crippen LogP contribution >= 0.6 is 0 Å². The normalized spacial score (nSPS) is 13.9. The van der Waals surface area contributed by atoms with Crippen molar-refractivity contribution in [3.63, 3.8) is 0 Å². The van der Waals surface area contributed by atoms with Crippen LogP contribution in [0.2, 0.25) is 0 Å². The first-order valence-electron chi connectivity index (χ1n) is 7.55. The summed E-state index contributed by atoms with van der Waals surface area (Å²) in [4.78, 5) is 6.40. The summed E-state index contributed by atoms with van der Waals surface area (Å²) in [5, 5.41) is 11.6. The molecule has 4 heteroatoms. The van der Waals surface area contributed by atoms with Crippen molar-refractivity contribution in [3.8, 4) is 6.07 Å². The van der Waals surface area contributed by atoms with E-state index in [1.807, 2.05) is 20.8 Å². The van der Waals surface area contributed by atoms with Crippen LogP contribution in [0.4, 0.5) is 5.82 Å². The lowest BCUT2D eigenvalue weighted by Crippen LogP contribution is -2.24. The van der Waals surface area contributed by atoms with Crippen LogP contribution in [0.3, 0.4) is 0 Å². The number of hydrogen-bond donors (Lipinski definition) is 1. The predicted octanol–water partition coefficient (Wildman–Crippen LogP) is 3.51. The molecule has 1 fully saturated rings. The SMILES string of the molecule is CC.CCNc1ncccc1C#N.CN1CCCCC1. The largest absolute Gasteiger partial charge is 0.369 e. The van der Waals surface area contributed by atoms with Gasteiger partial charge < -0.3 is 10.2 Å². The molecule has 1 aliphatic rings. The molecule has 0 saturated carbocycles. The zero-order chi connectivity index (χ0) is 15.2. The van der Waals surface area contributed by atoms with Crippen molar-refractivity contribution in [1.29, 1.82) is 5.26 Å². The Bertz CT molecular complexity index is 378. The van der Waals surface area contributed by atoms with Crippen molar-refractivity contribution in [1.82, 2.24) is 9.88 Å². The molecule has 0 spiro atoms. The number of aromatic nitrogens is 1. The van der Waals surface area contributed by atoms with Crippen LogP contribution in [-0.2, 0) is 0 Å². The number of hydrogen-bond acceptors (Lipinski definition) is 4. The predicted molar refractivity (Wildman–Crippen MR) is 85.8 cm³/mol. The van der Waals surface area contributed by atoms with Crippen LogP contribution in [0.1, 0.15) is 45.6 Å². The van der Waals surface area contributed by atoms with E-state index >= 15 is 0 Å². The number of pyridine rings is 1. The van der Waals surface area contributed by atoms with E-state index in [0.717, 1.165) is 6.54 Å². The highest BCUT2D eigenvalue weighted by Crippen LogP contribution is 2.08. The molecule has 4 nitrogen and oxygen atoms in total. The van der Waals surface area contributed by atoms with Gasteiger partial charge >= 0.3 is 0 Å². The molecule has 1 aromatic rings. The summed E-state index contributed by atoms with van der Waals surface area (Å²) in [6, 6.07) is 5.55. The van der Waals surface area contributed by atoms with E-state index in [1.54, 1.807) is 18.3 Å². The third-order valence-electron chi connectivity index (χ3n) is 2.85. The number of piperidine rings is 1. The average molecular weight is 276 g/mol. The van der Waals surface area contributed by atoms with Crippen molar-refractivity contribution in [2.45, 2.75) is 40.0 Å². The molecule has 1 N–H and O–H groups in total. The van der Waals surface area contributed by atoms with Gasteiger partial charge in [0, 0.05) is 12.7 Å². The Balaban J connectivity index is 0.000000345. The fourth-order valence-electron chi connectivity index (χ4n) is 1.86. The molecule has 0 radical (unpaired) electrons. The lowest BCUT2D eigenvalue weighted by atomic mass is 10.1. The van der Waals surface area contributed by atoms with Crippen LogP contribution in [0.25, 0.3) is 0 Å². The lowest BCUT2D eigenvalue weighted by Gasteiger charge is -2.20. The Morgan fingerprint density at radius 2 is 1.95 bits per heavy atom. The van der Waals surface area contributed by atoms with Crippen LogP contribution in [-0.4, -0.2) is 36.6 Å². The molecule has 0 aliphatic carbocycles. The molecule has 1 aliphatic heterocycles. The molecule has 0 aromatic carbocycles. The van der Waals surface area contributed by atoms with E-state index in [-0.39, 0.29) is 0 Å². The molecular formula is C16H28N4. The zero-order valence-corrected chi connectivity index (χ0v) is 13.3. The quantitative estimate of drug-likeness (QED) is 0.898. The number of nitrogens with one attached hydrogen (secondary N) is 1. The lowest BCUT2D eigenvalue weighted by molar-refractivity contribution is 0.277. The Kier molecular flexibility index (Phi) is 11.4. The fourth-order valence-corrected chi connectivity index (χ4v) is 1.86. The Morgan fingerprint density at radius 3 is 2.40 bits per heavy atom. The number of rotatable bonds is 2. The molecule has 1 aromatic heterocycles.